The van der Waals surface area contributed by atoms with Gasteiger partial charge in [0.25, 0.3) is 5.91 Å². The standard InChI is InChI=1S/C15H13FN4OS/c1-2-19-12(7-8-17-19)9-13-14(21)20(15(22)18-13)11-5-3-10(16)4-6-11/h3-9H,2H2,1H3,(H,18,22)/b13-9+. The lowest BCUT2D eigenvalue weighted by molar-refractivity contribution is -0.113. The summed E-state index contributed by atoms with van der Waals surface area (Å²) in [6.07, 6.45) is 3.38. The number of rotatable bonds is 3. The van der Waals surface area contributed by atoms with Gasteiger partial charge in [0.2, 0.25) is 0 Å². The molecular weight excluding hydrogens is 303 g/mol. The molecule has 0 saturated carbocycles. The molecule has 112 valence electrons. The molecule has 1 aliphatic heterocycles. The number of carbonyl (C=O) groups excluding carboxylic acids is 1. The Balaban J connectivity index is 1.93. The number of nitrogens with zero attached hydrogens (tertiary/aromatic N) is 3. The van der Waals surface area contributed by atoms with Crippen LogP contribution >= 0.6 is 12.2 Å². The second-order valence-corrected chi connectivity index (χ2v) is 5.06. The predicted molar refractivity (Wildman–Crippen MR) is 85.5 cm³/mol. The number of aromatic nitrogens is 2. The van der Waals surface area contributed by atoms with Gasteiger partial charge in [-0.2, -0.15) is 5.10 Å². The van der Waals surface area contributed by atoms with E-state index in [1.165, 1.54) is 29.2 Å². The van der Waals surface area contributed by atoms with Gasteiger partial charge in [-0.25, -0.2) is 4.39 Å². The largest absolute Gasteiger partial charge is 0.327 e. The summed E-state index contributed by atoms with van der Waals surface area (Å²) >= 11 is 5.20. The van der Waals surface area contributed by atoms with Crippen LogP contribution in [-0.4, -0.2) is 20.8 Å². The average Bonchev–Trinajstić information content (AvgIpc) is 3.06. The topological polar surface area (TPSA) is 50.2 Å². The average molecular weight is 316 g/mol. The molecule has 0 atom stereocenters. The molecule has 3 rings (SSSR count). The summed E-state index contributed by atoms with van der Waals surface area (Å²) in [5.41, 5.74) is 1.70. The van der Waals surface area contributed by atoms with E-state index in [2.05, 4.69) is 10.4 Å². The highest BCUT2D eigenvalue weighted by Gasteiger charge is 2.32. The van der Waals surface area contributed by atoms with Gasteiger partial charge in [0.05, 0.1) is 11.4 Å². The Morgan fingerprint density at radius 2 is 2.05 bits per heavy atom. The van der Waals surface area contributed by atoms with Gasteiger partial charge in [-0.3, -0.25) is 14.4 Å². The molecule has 1 saturated heterocycles. The second kappa shape index (κ2) is 5.69. The Labute approximate surface area is 132 Å². The second-order valence-electron chi connectivity index (χ2n) is 4.68. The van der Waals surface area contributed by atoms with Crippen LogP contribution in [0.3, 0.4) is 0 Å². The van der Waals surface area contributed by atoms with Gasteiger partial charge in [0.15, 0.2) is 5.11 Å². The van der Waals surface area contributed by atoms with Gasteiger partial charge in [-0.05, 0) is 55.5 Å². The van der Waals surface area contributed by atoms with Crippen molar-refractivity contribution in [1.29, 1.82) is 0 Å². The summed E-state index contributed by atoms with van der Waals surface area (Å²) in [6.45, 7) is 2.67. The van der Waals surface area contributed by atoms with Crippen LogP contribution in [0.25, 0.3) is 6.08 Å². The molecule has 2 aromatic rings. The highest BCUT2D eigenvalue weighted by atomic mass is 32.1. The molecule has 0 bridgehead atoms. The Bertz CT molecular complexity index is 766. The van der Waals surface area contributed by atoms with Crippen LogP contribution in [-0.2, 0) is 11.3 Å². The van der Waals surface area contributed by atoms with Crippen LogP contribution in [0.1, 0.15) is 12.6 Å². The van der Waals surface area contributed by atoms with Crippen LogP contribution in [0.5, 0.6) is 0 Å². The molecular formula is C15H13FN4OS. The first-order chi connectivity index (χ1) is 10.6. The van der Waals surface area contributed by atoms with Crippen molar-refractivity contribution in [3.05, 3.63) is 53.7 Å². The van der Waals surface area contributed by atoms with Crippen LogP contribution < -0.4 is 10.2 Å². The molecule has 0 aliphatic carbocycles. The quantitative estimate of drug-likeness (QED) is 0.697. The van der Waals surface area contributed by atoms with Gasteiger partial charge in [-0.1, -0.05) is 0 Å². The Morgan fingerprint density at radius 1 is 1.32 bits per heavy atom. The first kappa shape index (κ1) is 14.4. The van der Waals surface area contributed by atoms with Gasteiger partial charge in [-0.15, -0.1) is 0 Å². The van der Waals surface area contributed by atoms with E-state index in [9.17, 15) is 9.18 Å². The third-order valence-electron chi connectivity index (χ3n) is 3.30. The van der Waals surface area contributed by atoms with Crippen molar-refractivity contribution in [1.82, 2.24) is 15.1 Å². The maximum absolute atomic E-state index is 13.0. The van der Waals surface area contributed by atoms with E-state index in [-0.39, 0.29) is 16.8 Å². The first-order valence-electron chi connectivity index (χ1n) is 6.74. The molecule has 7 heteroatoms. The number of carbonyl (C=O) groups is 1. The van der Waals surface area contributed by atoms with E-state index < -0.39 is 0 Å². The summed E-state index contributed by atoms with van der Waals surface area (Å²) in [7, 11) is 0. The van der Waals surface area contributed by atoms with Crippen molar-refractivity contribution in [2.45, 2.75) is 13.5 Å². The molecule has 1 fully saturated rings. The Morgan fingerprint density at radius 3 is 2.73 bits per heavy atom. The molecule has 1 aromatic carbocycles. The van der Waals surface area contributed by atoms with Gasteiger partial charge >= 0.3 is 0 Å². The fraction of sp³-hybridized carbons (Fsp3) is 0.133. The van der Waals surface area contributed by atoms with Crippen molar-refractivity contribution in [2.24, 2.45) is 0 Å². The first-order valence-corrected chi connectivity index (χ1v) is 7.15. The minimum atomic E-state index is -0.364. The van der Waals surface area contributed by atoms with Gasteiger partial charge < -0.3 is 5.32 Å². The lowest BCUT2D eigenvalue weighted by atomic mass is 10.2. The normalized spacial score (nSPS) is 16.5. The van der Waals surface area contributed by atoms with E-state index in [1.54, 1.807) is 17.0 Å². The van der Waals surface area contributed by atoms with Crippen molar-refractivity contribution in [3.8, 4) is 0 Å². The third-order valence-corrected chi connectivity index (χ3v) is 3.59. The third kappa shape index (κ3) is 2.50. The van der Waals surface area contributed by atoms with Crippen LogP contribution in [0.2, 0.25) is 0 Å². The van der Waals surface area contributed by atoms with E-state index in [0.717, 1.165) is 5.69 Å². The van der Waals surface area contributed by atoms with E-state index in [1.807, 2.05) is 13.0 Å². The number of nitrogens with one attached hydrogen (secondary N) is 1. The number of thiocarbonyl (C=S) groups is 1. The Kier molecular flexibility index (Phi) is 3.72. The molecule has 1 N–H and O–H groups in total. The summed E-state index contributed by atoms with van der Waals surface area (Å²) in [5.74, 6) is -0.641. The van der Waals surface area contributed by atoms with E-state index in [0.29, 0.717) is 17.9 Å². The fourth-order valence-corrected chi connectivity index (χ4v) is 2.54. The molecule has 2 heterocycles. The number of hydrogen-bond acceptors (Lipinski definition) is 3. The zero-order valence-corrected chi connectivity index (χ0v) is 12.6. The maximum Gasteiger partial charge on any atom is 0.281 e. The molecule has 0 radical (unpaired) electrons. The molecule has 1 aromatic heterocycles. The van der Waals surface area contributed by atoms with Gasteiger partial charge in [0.1, 0.15) is 11.5 Å². The number of anilines is 1. The molecule has 1 amide bonds. The van der Waals surface area contributed by atoms with E-state index >= 15 is 0 Å². The molecule has 0 unspecified atom stereocenters. The summed E-state index contributed by atoms with van der Waals surface area (Å²) < 4.78 is 14.8. The highest BCUT2D eigenvalue weighted by molar-refractivity contribution is 7.80. The van der Waals surface area contributed by atoms with Gasteiger partial charge in [0, 0.05) is 12.7 Å². The van der Waals surface area contributed by atoms with Crippen LogP contribution in [0, 0.1) is 5.82 Å². The lowest BCUT2D eigenvalue weighted by Crippen LogP contribution is -2.30. The zero-order valence-electron chi connectivity index (χ0n) is 11.8. The fourth-order valence-electron chi connectivity index (χ4n) is 2.24. The SMILES string of the molecule is CCn1nccc1/C=C1/NC(=S)N(c2ccc(F)cc2)C1=O. The van der Waals surface area contributed by atoms with Crippen molar-refractivity contribution in [3.63, 3.8) is 0 Å². The van der Waals surface area contributed by atoms with Crippen LogP contribution in [0.4, 0.5) is 10.1 Å². The number of halogens is 1. The van der Waals surface area contributed by atoms with Crippen molar-refractivity contribution in [2.75, 3.05) is 4.90 Å². The number of benzene rings is 1. The molecule has 22 heavy (non-hydrogen) atoms. The smallest absolute Gasteiger partial charge is 0.281 e. The van der Waals surface area contributed by atoms with Crippen molar-refractivity contribution >= 4 is 35.0 Å². The summed E-state index contributed by atoms with van der Waals surface area (Å²) in [6, 6.07) is 7.42. The lowest BCUT2D eigenvalue weighted by Gasteiger charge is -2.13. The summed E-state index contributed by atoms with van der Waals surface area (Å²) in [4.78, 5) is 13.9. The molecule has 5 nitrogen and oxygen atoms in total. The highest BCUT2D eigenvalue weighted by Crippen LogP contribution is 2.22. The monoisotopic (exact) mass is 316 g/mol. The van der Waals surface area contributed by atoms with Crippen molar-refractivity contribution < 1.29 is 9.18 Å². The minimum absolute atomic E-state index is 0.269. The summed E-state index contributed by atoms with van der Waals surface area (Å²) in [5, 5.41) is 7.31. The molecule has 1 aliphatic rings. The number of hydrogen-bond donors (Lipinski definition) is 1. The Hall–Kier alpha value is -2.54. The van der Waals surface area contributed by atoms with Crippen LogP contribution in [0.15, 0.2) is 42.2 Å². The zero-order chi connectivity index (χ0) is 15.7. The predicted octanol–water partition coefficient (Wildman–Crippen LogP) is 2.30. The maximum atomic E-state index is 13.0. The number of amides is 1. The number of aryl methyl sites for hydroxylation is 1. The molecule has 0 spiro atoms. The minimum Gasteiger partial charge on any atom is -0.327 e. The van der Waals surface area contributed by atoms with E-state index in [4.69, 9.17) is 12.2 Å².